The molecule has 12 nitrogen and oxygen atoms in total. The van der Waals surface area contributed by atoms with Crippen LogP contribution in [-0.2, 0) is 27.1 Å². The number of nitrogens with one attached hydrogen (secondary N) is 1. The van der Waals surface area contributed by atoms with Crippen molar-refractivity contribution in [3.05, 3.63) is 64.6 Å². The molecule has 0 atom stereocenters. The fourth-order valence-electron chi connectivity index (χ4n) is 4.39. The lowest BCUT2D eigenvalue weighted by Crippen LogP contribution is -2.47. The van der Waals surface area contributed by atoms with Gasteiger partial charge in [0.05, 0.1) is 29.4 Å². The maximum absolute atomic E-state index is 12.9. The maximum Gasteiger partial charge on any atom is 0.416 e. The van der Waals surface area contributed by atoms with Crippen molar-refractivity contribution in [1.82, 2.24) is 14.5 Å². The number of H-pyrrole nitrogens is 1. The Labute approximate surface area is 230 Å². The zero-order chi connectivity index (χ0) is 30.4. The molecule has 0 radical (unpaired) electrons. The van der Waals surface area contributed by atoms with Crippen LogP contribution in [0, 0.1) is 0 Å². The number of alkyl halides is 3. The van der Waals surface area contributed by atoms with Crippen LogP contribution >= 0.6 is 0 Å². The van der Waals surface area contributed by atoms with Gasteiger partial charge in [-0.15, -0.1) is 0 Å². The molecule has 0 bridgehead atoms. The lowest BCUT2D eigenvalue weighted by Gasteiger charge is -2.36. The third-order valence-corrected chi connectivity index (χ3v) is 6.52. The second-order valence-corrected chi connectivity index (χ2v) is 9.45. The second-order valence-electron chi connectivity index (χ2n) is 9.45. The van der Waals surface area contributed by atoms with E-state index in [1.807, 2.05) is 29.2 Å². The molecule has 0 spiro atoms. The SMILES string of the molecule is O=C(O)CC(O)(CC(=O)O)C(=O)O.O=c1[nH]c2ccccc2n1CCN1CCN(c2cccc(C(F)(F)F)c2)CC1. The monoisotopic (exact) mass is 582 g/mol. The molecule has 1 aliphatic rings. The molecular formula is C26H29F3N4O8. The Morgan fingerprint density at radius 2 is 1.46 bits per heavy atom. The average Bonchev–Trinajstić information content (AvgIpc) is 3.21. The number of aromatic amines is 1. The van der Waals surface area contributed by atoms with E-state index in [0.717, 1.165) is 36.7 Å². The third kappa shape index (κ3) is 8.31. The van der Waals surface area contributed by atoms with E-state index in [4.69, 9.17) is 20.4 Å². The summed E-state index contributed by atoms with van der Waals surface area (Å²) in [5, 5.41) is 33.8. The van der Waals surface area contributed by atoms with Gasteiger partial charge in [-0.05, 0) is 30.3 Å². The number of hydrogen-bond donors (Lipinski definition) is 5. The van der Waals surface area contributed by atoms with Gasteiger partial charge < -0.3 is 30.3 Å². The van der Waals surface area contributed by atoms with Gasteiger partial charge in [-0.3, -0.25) is 19.1 Å². The molecule has 4 rings (SSSR count). The molecule has 0 aliphatic carbocycles. The molecule has 1 saturated heterocycles. The minimum atomic E-state index is -4.33. The highest BCUT2D eigenvalue weighted by molar-refractivity contribution is 5.88. The van der Waals surface area contributed by atoms with Gasteiger partial charge in [0.25, 0.3) is 0 Å². The Balaban J connectivity index is 0.000000302. The van der Waals surface area contributed by atoms with Crippen LogP contribution in [0.2, 0.25) is 0 Å². The number of aromatic nitrogens is 2. The number of carboxylic acid groups (broad SMARTS) is 3. The van der Waals surface area contributed by atoms with Gasteiger partial charge in [0.1, 0.15) is 0 Å². The molecule has 5 N–H and O–H groups in total. The molecular weight excluding hydrogens is 553 g/mol. The van der Waals surface area contributed by atoms with E-state index in [9.17, 15) is 32.3 Å². The summed E-state index contributed by atoms with van der Waals surface area (Å²) < 4.78 is 40.5. The van der Waals surface area contributed by atoms with E-state index in [2.05, 4.69) is 9.88 Å². The van der Waals surface area contributed by atoms with Crippen LogP contribution < -0.4 is 10.6 Å². The number of anilines is 1. The van der Waals surface area contributed by atoms with E-state index in [1.54, 1.807) is 10.6 Å². The van der Waals surface area contributed by atoms with Crippen molar-refractivity contribution >= 4 is 34.6 Å². The molecule has 2 aromatic carbocycles. The minimum absolute atomic E-state index is 0.121. The summed E-state index contributed by atoms with van der Waals surface area (Å²) in [6.07, 6.45) is -6.62. The average molecular weight is 583 g/mol. The van der Waals surface area contributed by atoms with E-state index in [1.165, 1.54) is 12.1 Å². The number of aliphatic hydroxyl groups is 1. The molecule has 1 fully saturated rings. The Morgan fingerprint density at radius 3 is 2.02 bits per heavy atom. The van der Waals surface area contributed by atoms with Crippen molar-refractivity contribution in [2.75, 3.05) is 37.6 Å². The molecule has 222 valence electrons. The summed E-state index contributed by atoms with van der Waals surface area (Å²) in [6, 6.07) is 13.1. The Bertz CT molecular complexity index is 1430. The first-order valence-electron chi connectivity index (χ1n) is 12.4. The summed E-state index contributed by atoms with van der Waals surface area (Å²) in [6.45, 7) is 4.10. The number of imidazole rings is 1. The number of halogens is 3. The predicted molar refractivity (Wildman–Crippen MR) is 140 cm³/mol. The summed E-state index contributed by atoms with van der Waals surface area (Å²) >= 11 is 0. The van der Waals surface area contributed by atoms with E-state index >= 15 is 0 Å². The van der Waals surface area contributed by atoms with Crippen LogP contribution in [0.15, 0.2) is 53.3 Å². The number of rotatable bonds is 9. The quantitative estimate of drug-likeness (QED) is 0.251. The van der Waals surface area contributed by atoms with E-state index < -0.39 is 48.1 Å². The normalized spacial score (nSPS) is 14.4. The Kier molecular flexibility index (Phi) is 9.78. The second kappa shape index (κ2) is 12.9. The largest absolute Gasteiger partial charge is 0.481 e. The standard InChI is InChI=1S/C20H21F3N4O.C6H8O7/c21-20(22,23)15-4-3-5-16(14-15)26-11-8-25(9-12-26)10-13-27-18-7-2-1-6-17(18)24-19(27)28;7-3(8)1-6(13,5(11)12)2-4(9)10/h1-7,14H,8-13H2,(H,24,28);13H,1-2H2,(H,7,8)(H,9,10)(H,11,12). The maximum atomic E-state index is 12.9. The minimum Gasteiger partial charge on any atom is -0.481 e. The number of nitrogens with zero attached hydrogens (tertiary/aromatic N) is 3. The Hall–Kier alpha value is -4.37. The predicted octanol–water partition coefficient (Wildman–Crippen LogP) is 1.92. The first kappa shape index (κ1) is 31.2. The number of aliphatic carboxylic acids is 3. The number of hydrogen-bond acceptors (Lipinski definition) is 7. The molecule has 0 unspecified atom stereocenters. The molecule has 0 amide bonds. The van der Waals surface area contributed by atoms with Crippen molar-refractivity contribution in [2.24, 2.45) is 0 Å². The summed E-state index contributed by atoms with van der Waals surface area (Å²) in [4.78, 5) is 49.7. The summed E-state index contributed by atoms with van der Waals surface area (Å²) in [7, 11) is 0. The highest BCUT2D eigenvalue weighted by Gasteiger charge is 2.40. The number of benzene rings is 2. The fraction of sp³-hybridized carbons (Fsp3) is 0.385. The van der Waals surface area contributed by atoms with Crippen molar-refractivity contribution < 1.29 is 48.0 Å². The summed E-state index contributed by atoms with van der Waals surface area (Å²) in [5.74, 6) is -5.02. The van der Waals surface area contributed by atoms with Crippen LogP contribution in [0.5, 0.6) is 0 Å². The van der Waals surface area contributed by atoms with Gasteiger partial charge in [-0.2, -0.15) is 13.2 Å². The molecule has 41 heavy (non-hydrogen) atoms. The molecule has 15 heteroatoms. The van der Waals surface area contributed by atoms with Crippen molar-refractivity contribution in [3.8, 4) is 0 Å². The van der Waals surface area contributed by atoms with Crippen LogP contribution in [-0.4, -0.2) is 91.1 Å². The Morgan fingerprint density at radius 1 is 0.854 bits per heavy atom. The highest BCUT2D eigenvalue weighted by atomic mass is 19.4. The van der Waals surface area contributed by atoms with Crippen molar-refractivity contribution in [1.29, 1.82) is 0 Å². The van der Waals surface area contributed by atoms with Crippen molar-refractivity contribution in [2.45, 2.75) is 31.2 Å². The number of piperazine rings is 1. The van der Waals surface area contributed by atoms with Gasteiger partial charge >= 0.3 is 29.8 Å². The van der Waals surface area contributed by atoms with Crippen LogP contribution in [0.3, 0.4) is 0 Å². The molecule has 2 heterocycles. The smallest absolute Gasteiger partial charge is 0.416 e. The van der Waals surface area contributed by atoms with Crippen molar-refractivity contribution in [3.63, 3.8) is 0 Å². The van der Waals surface area contributed by atoms with Gasteiger partial charge in [-0.25, -0.2) is 9.59 Å². The number of carbonyl (C=O) groups is 3. The lowest BCUT2D eigenvalue weighted by atomic mass is 9.96. The third-order valence-electron chi connectivity index (χ3n) is 6.52. The van der Waals surface area contributed by atoms with E-state index in [0.29, 0.717) is 25.3 Å². The highest BCUT2D eigenvalue weighted by Crippen LogP contribution is 2.31. The number of fused-ring (bicyclic) bond motifs is 1. The lowest BCUT2D eigenvalue weighted by molar-refractivity contribution is -0.170. The molecule has 3 aromatic rings. The summed E-state index contributed by atoms with van der Waals surface area (Å²) in [5.41, 5.74) is -1.17. The van der Waals surface area contributed by atoms with Gasteiger partial charge in [0.15, 0.2) is 5.60 Å². The first-order chi connectivity index (χ1) is 19.2. The zero-order valence-corrected chi connectivity index (χ0v) is 21.7. The first-order valence-corrected chi connectivity index (χ1v) is 12.4. The van der Waals surface area contributed by atoms with Crippen LogP contribution in [0.4, 0.5) is 18.9 Å². The molecule has 1 aromatic heterocycles. The van der Waals surface area contributed by atoms with Crippen LogP contribution in [0.25, 0.3) is 11.0 Å². The van der Waals surface area contributed by atoms with E-state index in [-0.39, 0.29) is 5.69 Å². The number of carboxylic acids is 3. The van der Waals surface area contributed by atoms with Gasteiger partial charge in [0.2, 0.25) is 0 Å². The fourth-order valence-corrected chi connectivity index (χ4v) is 4.39. The van der Waals surface area contributed by atoms with Gasteiger partial charge in [0, 0.05) is 45.0 Å². The van der Waals surface area contributed by atoms with Gasteiger partial charge in [-0.1, -0.05) is 18.2 Å². The number of para-hydroxylation sites is 2. The molecule has 1 aliphatic heterocycles. The molecule has 0 saturated carbocycles. The zero-order valence-electron chi connectivity index (χ0n) is 21.7. The van der Waals surface area contributed by atoms with Crippen LogP contribution in [0.1, 0.15) is 18.4 Å². The topological polar surface area (TPSA) is 176 Å².